The first-order valence-electron chi connectivity index (χ1n) is 5.41. The van der Waals surface area contributed by atoms with Crippen LogP contribution < -0.4 is 5.32 Å². The molecule has 0 radical (unpaired) electrons. The summed E-state index contributed by atoms with van der Waals surface area (Å²) in [4.78, 5) is 0. The van der Waals surface area contributed by atoms with Crippen LogP contribution in [0.5, 0.6) is 0 Å². The second-order valence-electron chi connectivity index (χ2n) is 3.58. The first-order valence-corrected chi connectivity index (χ1v) is 5.41. The summed E-state index contributed by atoms with van der Waals surface area (Å²) in [7, 11) is 0. The van der Waals surface area contributed by atoms with Gasteiger partial charge in [0.15, 0.2) is 5.76 Å². The van der Waals surface area contributed by atoms with Crippen molar-refractivity contribution >= 4 is 5.95 Å². The van der Waals surface area contributed by atoms with E-state index in [0.29, 0.717) is 12.5 Å². The molecule has 2 heterocycles. The number of rotatable bonds is 4. The van der Waals surface area contributed by atoms with Gasteiger partial charge in [-0.15, -0.1) is 0 Å². The van der Waals surface area contributed by atoms with Crippen molar-refractivity contribution < 1.29 is 4.52 Å². The van der Waals surface area contributed by atoms with E-state index in [1.165, 1.54) is 0 Å². The monoisotopic (exact) mass is 242 g/mol. The van der Waals surface area contributed by atoms with Gasteiger partial charge >= 0.3 is 0 Å². The van der Waals surface area contributed by atoms with Crippen LogP contribution in [0.3, 0.4) is 0 Å². The van der Waals surface area contributed by atoms with E-state index in [0.717, 1.165) is 11.4 Å². The van der Waals surface area contributed by atoms with Crippen molar-refractivity contribution in [2.45, 2.75) is 6.54 Å². The number of hydrogen-bond acceptors (Lipinski definition) is 6. The van der Waals surface area contributed by atoms with E-state index < -0.39 is 0 Å². The summed E-state index contributed by atoms with van der Waals surface area (Å²) in [5.74, 6) is 1.27. The van der Waals surface area contributed by atoms with Gasteiger partial charge in [-0.05, 0) is 22.6 Å². The Labute approximate surface area is 102 Å². The number of benzene rings is 1. The zero-order valence-corrected chi connectivity index (χ0v) is 9.39. The molecule has 0 aliphatic rings. The maximum Gasteiger partial charge on any atom is 0.248 e. The molecule has 0 atom stereocenters. The topological polar surface area (TPSA) is 81.7 Å². The highest BCUT2D eigenvalue weighted by atomic mass is 16.5. The fourth-order valence-corrected chi connectivity index (χ4v) is 1.54. The molecule has 0 amide bonds. The third kappa shape index (κ3) is 2.05. The van der Waals surface area contributed by atoms with Crippen LogP contribution in [0, 0.1) is 0 Å². The third-order valence-corrected chi connectivity index (χ3v) is 2.38. The second kappa shape index (κ2) is 4.66. The average Bonchev–Trinajstić information content (AvgIpc) is 3.09. The van der Waals surface area contributed by atoms with Gasteiger partial charge in [-0.3, -0.25) is 0 Å². The summed E-state index contributed by atoms with van der Waals surface area (Å²) in [5.41, 5.74) is 0.891. The molecule has 3 rings (SSSR count). The van der Waals surface area contributed by atoms with Gasteiger partial charge in [-0.25, -0.2) is 0 Å². The van der Waals surface area contributed by atoms with Crippen molar-refractivity contribution in [1.29, 1.82) is 0 Å². The van der Waals surface area contributed by atoms with Gasteiger partial charge in [0, 0.05) is 6.07 Å². The van der Waals surface area contributed by atoms with Crippen LogP contribution in [0.4, 0.5) is 5.95 Å². The molecular weight excluding hydrogens is 232 g/mol. The van der Waals surface area contributed by atoms with E-state index in [1.54, 1.807) is 16.9 Å². The van der Waals surface area contributed by atoms with Gasteiger partial charge < -0.3 is 9.84 Å². The van der Waals surface area contributed by atoms with Crippen molar-refractivity contribution in [2.75, 3.05) is 5.32 Å². The molecule has 3 aromatic rings. The molecule has 0 saturated heterocycles. The second-order valence-corrected chi connectivity index (χ2v) is 3.58. The number of hydrogen-bond donors (Lipinski definition) is 1. The largest absolute Gasteiger partial charge is 0.360 e. The molecule has 2 aromatic heterocycles. The molecule has 0 fully saturated rings. The molecular formula is C11H10N6O. The van der Waals surface area contributed by atoms with E-state index in [2.05, 4.69) is 26.0 Å². The molecule has 1 aromatic carbocycles. The number of nitrogens with zero attached hydrogens (tertiary/aromatic N) is 5. The SMILES string of the molecule is c1ccc(-n2nnnc2NCc2ccno2)cc1. The quantitative estimate of drug-likeness (QED) is 0.741. The molecule has 0 bridgehead atoms. The highest BCUT2D eigenvalue weighted by molar-refractivity contribution is 5.38. The Balaban J connectivity index is 1.80. The molecule has 7 nitrogen and oxygen atoms in total. The molecule has 0 aliphatic heterocycles. The third-order valence-electron chi connectivity index (χ3n) is 2.38. The fourth-order valence-electron chi connectivity index (χ4n) is 1.54. The van der Waals surface area contributed by atoms with Gasteiger partial charge in [0.1, 0.15) is 0 Å². The number of aromatic nitrogens is 5. The number of tetrazole rings is 1. The first kappa shape index (κ1) is 10.5. The molecule has 1 N–H and O–H groups in total. The number of anilines is 1. The normalized spacial score (nSPS) is 10.4. The van der Waals surface area contributed by atoms with Crippen LogP contribution in [0.15, 0.2) is 47.1 Å². The number of para-hydroxylation sites is 1. The van der Waals surface area contributed by atoms with Gasteiger partial charge in [-0.1, -0.05) is 28.5 Å². The predicted octanol–water partition coefficient (Wildman–Crippen LogP) is 1.26. The van der Waals surface area contributed by atoms with Crippen molar-refractivity contribution in [3.8, 4) is 5.69 Å². The molecule has 0 aliphatic carbocycles. The summed E-state index contributed by atoms with van der Waals surface area (Å²) in [6.45, 7) is 0.479. The van der Waals surface area contributed by atoms with E-state index in [9.17, 15) is 0 Å². The predicted molar refractivity (Wildman–Crippen MR) is 63.0 cm³/mol. The highest BCUT2D eigenvalue weighted by Crippen LogP contribution is 2.11. The highest BCUT2D eigenvalue weighted by Gasteiger charge is 2.07. The summed E-state index contributed by atoms with van der Waals surface area (Å²) >= 11 is 0. The van der Waals surface area contributed by atoms with E-state index in [-0.39, 0.29) is 0 Å². The Hall–Kier alpha value is -2.70. The molecule has 7 heteroatoms. The molecule has 0 unspecified atom stereocenters. The minimum Gasteiger partial charge on any atom is -0.360 e. The zero-order chi connectivity index (χ0) is 12.2. The first-order chi connectivity index (χ1) is 8.93. The van der Waals surface area contributed by atoms with Crippen LogP contribution in [0.25, 0.3) is 5.69 Å². The smallest absolute Gasteiger partial charge is 0.248 e. The average molecular weight is 242 g/mol. The standard InChI is InChI=1S/C11H10N6O/c1-2-4-9(5-3-1)17-11(14-15-16-17)12-8-10-6-7-13-18-10/h1-7H,8H2,(H,12,14,16). The lowest BCUT2D eigenvalue weighted by atomic mass is 10.3. The van der Waals surface area contributed by atoms with Crippen LogP contribution in [0.2, 0.25) is 0 Å². The van der Waals surface area contributed by atoms with E-state index >= 15 is 0 Å². The zero-order valence-electron chi connectivity index (χ0n) is 9.39. The van der Waals surface area contributed by atoms with Crippen LogP contribution in [0.1, 0.15) is 5.76 Å². The maximum atomic E-state index is 4.99. The Morgan fingerprint density at radius 2 is 2.06 bits per heavy atom. The fraction of sp³-hybridized carbons (Fsp3) is 0.0909. The van der Waals surface area contributed by atoms with Gasteiger partial charge in [0.05, 0.1) is 18.4 Å². The van der Waals surface area contributed by atoms with Crippen LogP contribution >= 0.6 is 0 Å². The van der Waals surface area contributed by atoms with Crippen molar-refractivity contribution in [1.82, 2.24) is 25.4 Å². The van der Waals surface area contributed by atoms with Gasteiger partial charge in [-0.2, -0.15) is 4.68 Å². The van der Waals surface area contributed by atoms with E-state index in [1.807, 2.05) is 30.3 Å². The summed E-state index contributed by atoms with van der Waals surface area (Å²) < 4.78 is 6.61. The summed E-state index contributed by atoms with van der Waals surface area (Å²) in [5, 5.41) is 18.2. The Morgan fingerprint density at radius 1 is 1.17 bits per heavy atom. The summed E-state index contributed by atoms with van der Waals surface area (Å²) in [6, 6.07) is 11.4. The lowest BCUT2D eigenvalue weighted by Crippen LogP contribution is -2.06. The van der Waals surface area contributed by atoms with Crippen molar-refractivity contribution in [2.24, 2.45) is 0 Å². The minimum absolute atomic E-state index is 0.479. The molecule has 18 heavy (non-hydrogen) atoms. The lowest BCUT2D eigenvalue weighted by Gasteiger charge is -2.04. The van der Waals surface area contributed by atoms with Gasteiger partial charge in [0.25, 0.3) is 0 Å². The van der Waals surface area contributed by atoms with Crippen molar-refractivity contribution in [3.63, 3.8) is 0 Å². The minimum atomic E-state index is 0.479. The lowest BCUT2D eigenvalue weighted by molar-refractivity contribution is 0.387. The molecule has 0 saturated carbocycles. The van der Waals surface area contributed by atoms with E-state index in [4.69, 9.17) is 4.52 Å². The van der Waals surface area contributed by atoms with Gasteiger partial charge in [0.2, 0.25) is 5.95 Å². The molecule has 0 spiro atoms. The Bertz CT molecular complexity index is 604. The van der Waals surface area contributed by atoms with Crippen LogP contribution in [-0.2, 0) is 6.54 Å². The Morgan fingerprint density at radius 3 is 2.83 bits per heavy atom. The Kier molecular flexibility index (Phi) is 2.71. The molecule has 90 valence electrons. The van der Waals surface area contributed by atoms with Crippen molar-refractivity contribution in [3.05, 3.63) is 48.4 Å². The number of nitrogens with one attached hydrogen (secondary N) is 1. The summed E-state index contributed by atoms with van der Waals surface area (Å²) in [6.07, 6.45) is 1.59. The maximum absolute atomic E-state index is 4.99. The van der Waals surface area contributed by atoms with Crippen LogP contribution in [-0.4, -0.2) is 25.4 Å².